The third kappa shape index (κ3) is 2.43. The minimum atomic E-state index is 0.763. The molecule has 0 bridgehead atoms. The lowest BCUT2D eigenvalue weighted by Gasteiger charge is -2.04. The highest BCUT2D eigenvalue weighted by atomic mass is 32.2. The summed E-state index contributed by atoms with van der Waals surface area (Å²) in [7, 11) is 0. The summed E-state index contributed by atoms with van der Waals surface area (Å²) in [5, 5.41) is 13.4. The topological polar surface area (TPSA) is 56.7 Å². The molecule has 96 valence electrons. The standard InChI is InChI=1S/C12H16N4OS/c1-9-7-10(17-15-9)8-18-12-14-13-11-5-3-2-4-6-16(11)12/h7H,2-6,8H2,1H3. The third-order valence-electron chi connectivity index (χ3n) is 3.10. The van der Waals surface area contributed by atoms with E-state index in [4.69, 9.17) is 4.52 Å². The van der Waals surface area contributed by atoms with Gasteiger partial charge in [-0.25, -0.2) is 0 Å². The van der Waals surface area contributed by atoms with Crippen LogP contribution in [0.3, 0.4) is 0 Å². The maximum atomic E-state index is 5.20. The van der Waals surface area contributed by atoms with E-state index in [0.717, 1.165) is 41.2 Å². The molecule has 0 atom stereocenters. The van der Waals surface area contributed by atoms with E-state index in [2.05, 4.69) is 19.9 Å². The zero-order chi connectivity index (χ0) is 12.4. The van der Waals surface area contributed by atoms with Gasteiger partial charge in [0.25, 0.3) is 0 Å². The highest BCUT2D eigenvalue weighted by Gasteiger charge is 2.15. The average molecular weight is 264 g/mol. The van der Waals surface area contributed by atoms with Crippen molar-refractivity contribution in [2.45, 2.75) is 50.1 Å². The van der Waals surface area contributed by atoms with E-state index in [0.29, 0.717) is 0 Å². The van der Waals surface area contributed by atoms with Gasteiger partial charge in [0, 0.05) is 19.0 Å². The van der Waals surface area contributed by atoms with Gasteiger partial charge in [-0.15, -0.1) is 10.2 Å². The van der Waals surface area contributed by atoms with E-state index in [1.807, 2.05) is 13.0 Å². The predicted octanol–water partition coefficient (Wildman–Crippen LogP) is 2.59. The summed E-state index contributed by atoms with van der Waals surface area (Å²) in [4.78, 5) is 0. The minimum Gasteiger partial charge on any atom is -0.360 e. The largest absolute Gasteiger partial charge is 0.360 e. The molecule has 3 heterocycles. The molecule has 0 fully saturated rings. The second kappa shape index (κ2) is 5.14. The fraction of sp³-hybridized carbons (Fsp3) is 0.583. The molecule has 18 heavy (non-hydrogen) atoms. The Morgan fingerprint density at radius 1 is 1.33 bits per heavy atom. The van der Waals surface area contributed by atoms with Gasteiger partial charge in [-0.1, -0.05) is 23.3 Å². The summed E-state index contributed by atoms with van der Waals surface area (Å²) in [6.45, 7) is 2.97. The molecule has 0 spiro atoms. The third-order valence-corrected chi connectivity index (χ3v) is 4.08. The molecule has 1 aliphatic heterocycles. The SMILES string of the molecule is Cc1cc(CSc2nnc3n2CCCCC3)on1. The van der Waals surface area contributed by atoms with Crippen LogP contribution in [0.5, 0.6) is 0 Å². The Bertz CT molecular complexity index is 534. The number of hydrogen-bond acceptors (Lipinski definition) is 5. The Morgan fingerprint density at radius 2 is 2.28 bits per heavy atom. The quantitative estimate of drug-likeness (QED) is 0.797. The number of nitrogens with zero attached hydrogens (tertiary/aromatic N) is 4. The van der Waals surface area contributed by atoms with Crippen molar-refractivity contribution in [1.82, 2.24) is 19.9 Å². The zero-order valence-corrected chi connectivity index (χ0v) is 11.2. The highest BCUT2D eigenvalue weighted by molar-refractivity contribution is 7.98. The van der Waals surface area contributed by atoms with Gasteiger partial charge in [-0.3, -0.25) is 0 Å². The van der Waals surface area contributed by atoms with Crippen molar-refractivity contribution in [3.05, 3.63) is 23.3 Å². The fourth-order valence-corrected chi connectivity index (χ4v) is 3.04. The maximum absolute atomic E-state index is 5.20. The summed E-state index contributed by atoms with van der Waals surface area (Å²) in [5.41, 5.74) is 0.922. The van der Waals surface area contributed by atoms with Gasteiger partial charge >= 0.3 is 0 Å². The van der Waals surface area contributed by atoms with Crippen LogP contribution in [0.4, 0.5) is 0 Å². The molecule has 0 aromatic carbocycles. The Labute approximate surface area is 110 Å². The van der Waals surface area contributed by atoms with Crippen LogP contribution in [0, 0.1) is 6.92 Å². The molecule has 2 aromatic heterocycles. The lowest BCUT2D eigenvalue weighted by molar-refractivity contribution is 0.391. The number of aromatic nitrogens is 4. The molecule has 0 saturated heterocycles. The van der Waals surface area contributed by atoms with Crippen molar-refractivity contribution in [2.24, 2.45) is 0 Å². The summed E-state index contributed by atoms with van der Waals surface area (Å²) >= 11 is 1.67. The number of thioether (sulfide) groups is 1. The first-order valence-electron chi connectivity index (χ1n) is 6.30. The van der Waals surface area contributed by atoms with Gasteiger partial charge in [0.15, 0.2) is 5.16 Å². The van der Waals surface area contributed by atoms with Crippen LogP contribution in [0.15, 0.2) is 15.7 Å². The number of aryl methyl sites for hydroxylation is 2. The van der Waals surface area contributed by atoms with Crippen molar-refractivity contribution in [3.63, 3.8) is 0 Å². The van der Waals surface area contributed by atoms with E-state index in [9.17, 15) is 0 Å². The molecule has 6 heteroatoms. The van der Waals surface area contributed by atoms with E-state index in [-0.39, 0.29) is 0 Å². The molecule has 0 amide bonds. The molecule has 1 aliphatic rings. The first-order chi connectivity index (χ1) is 8.83. The van der Waals surface area contributed by atoms with Gasteiger partial charge in [-0.05, 0) is 19.8 Å². The molecule has 0 saturated carbocycles. The highest BCUT2D eigenvalue weighted by Crippen LogP contribution is 2.24. The fourth-order valence-electron chi connectivity index (χ4n) is 2.19. The lowest BCUT2D eigenvalue weighted by Crippen LogP contribution is -2.02. The summed E-state index contributed by atoms with van der Waals surface area (Å²) < 4.78 is 7.45. The van der Waals surface area contributed by atoms with E-state index >= 15 is 0 Å². The Kier molecular flexibility index (Phi) is 3.36. The van der Waals surface area contributed by atoms with Gasteiger partial charge in [0.2, 0.25) is 0 Å². The number of rotatable bonds is 3. The maximum Gasteiger partial charge on any atom is 0.191 e. The minimum absolute atomic E-state index is 0.763. The van der Waals surface area contributed by atoms with Gasteiger partial charge in [-0.2, -0.15) is 0 Å². The Balaban J connectivity index is 1.71. The van der Waals surface area contributed by atoms with E-state index < -0.39 is 0 Å². The van der Waals surface area contributed by atoms with Crippen LogP contribution < -0.4 is 0 Å². The molecule has 0 N–H and O–H groups in total. The van der Waals surface area contributed by atoms with E-state index in [1.165, 1.54) is 19.3 Å². The van der Waals surface area contributed by atoms with Crippen LogP contribution in [0.1, 0.15) is 36.5 Å². The first kappa shape index (κ1) is 11.8. The monoisotopic (exact) mass is 264 g/mol. The second-order valence-corrected chi connectivity index (χ2v) is 5.53. The predicted molar refractivity (Wildman–Crippen MR) is 68.4 cm³/mol. The molecule has 0 unspecified atom stereocenters. The van der Waals surface area contributed by atoms with Crippen LogP contribution in [-0.4, -0.2) is 19.9 Å². The number of fused-ring (bicyclic) bond motifs is 1. The summed E-state index contributed by atoms with van der Waals surface area (Å²) in [6.07, 6.45) is 4.79. The Morgan fingerprint density at radius 3 is 3.11 bits per heavy atom. The summed E-state index contributed by atoms with van der Waals surface area (Å²) in [5.74, 6) is 2.78. The molecule has 2 aromatic rings. The second-order valence-electron chi connectivity index (χ2n) is 4.58. The molecule has 5 nitrogen and oxygen atoms in total. The van der Waals surface area contributed by atoms with Crippen LogP contribution in [0.2, 0.25) is 0 Å². The molecular formula is C12H16N4OS. The van der Waals surface area contributed by atoms with E-state index in [1.54, 1.807) is 11.8 Å². The van der Waals surface area contributed by atoms with Crippen molar-refractivity contribution < 1.29 is 4.52 Å². The lowest BCUT2D eigenvalue weighted by atomic mass is 10.2. The van der Waals surface area contributed by atoms with Crippen molar-refractivity contribution in [1.29, 1.82) is 0 Å². The normalized spacial score (nSPS) is 15.4. The van der Waals surface area contributed by atoms with Gasteiger partial charge in [0.1, 0.15) is 11.6 Å². The average Bonchev–Trinajstić information content (AvgIpc) is 2.87. The number of hydrogen-bond donors (Lipinski definition) is 0. The first-order valence-corrected chi connectivity index (χ1v) is 7.28. The zero-order valence-electron chi connectivity index (χ0n) is 10.4. The van der Waals surface area contributed by atoms with Gasteiger partial charge in [0.05, 0.1) is 11.4 Å². The molecule has 0 radical (unpaired) electrons. The Hall–Kier alpha value is -1.30. The van der Waals surface area contributed by atoms with Crippen molar-refractivity contribution in [3.8, 4) is 0 Å². The summed E-state index contributed by atoms with van der Waals surface area (Å²) in [6, 6.07) is 1.96. The molecule has 3 rings (SSSR count). The molecule has 0 aliphatic carbocycles. The smallest absolute Gasteiger partial charge is 0.191 e. The molecular weight excluding hydrogens is 248 g/mol. The van der Waals surface area contributed by atoms with Crippen molar-refractivity contribution in [2.75, 3.05) is 0 Å². The van der Waals surface area contributed by atoms with Crippen LogP contribution in [-0.2, 0) is 18.7 Å². The van der Waals surface area contributed by atoms with Gasteiger partial charge < -0.3 is 9.09 Å². The van der Waals surface area contributed by atoms with Crippen molar-refractivity contribution >= 4 is 11.8 Å². The van der Waals surface area contributed by atoms with Crippen LogP contribution >= 0.6 is 11.8 Å². The van der Waals surface area contributed by atoms with Crippen LogP contribution in [0.25, 0.3) is 0 Å².